The molecule has 1 atom stereocenters. The molecule has 0 heterocycles. The van der Waals surface area contributed by atoms with Crippen LogP contribution in [-0.4, -0.2) is 57.1 Å². The van der Waals surface area contributed by atoms with Gasteiger partial charge in [-0.05, 0) is 48.7 Å². The summed E-state index contributed by atoms with van der Waals surface area (Å²) < 4.78 is 32.7. The number of nitrogens with one attached hydrogen (secondary N) is 1. The summed E-state index contributed by atoms with van der Waals surface area (Å²) in [5.41, 5.74) is 1.83. The Bertz CT molecular complexity index is 1400. The summed E-state index contributed by atoms with van der Waals surface area (Å²) in [7, 11) is -3.91. The van der Waals surface area contributed by atoms with Gasteiger partial charge >= 0.3 is 0 Å². The lowest BCUT2D eigenvalue weighted by molar-refractivity contribution is -0.140. The van der Waals surface area contributed by atoms with Gasteiger partial charge in [0.15, 0.2) is 0 Å². The lowest BCUT2D eigenvalue weighted by atomic mass is 10.0. The first-order valence-electron chi connectivity index (χ1n) is 13.7. The monoisotopic (exact) mass is 599 g/mol. The Morgan fingerprint density at radius 3 is 2.29 bits per heavy atom. The van der Waals surface area contributed by atoms with Crippen molar-refractivity contribution in [1.82, 2.24) is 10.2 Å². The van der Waals surface area contributed by atoms with E-state index in [4.69, 9.17) is 16.3 Å². The maximum absolute atomic E-state index is 14.2. The zero-order valence-corrected chi connectivity index (χ0v) is 25.3. The molecule has 0 aromatic heterocycles. The van der Waals surface area contributed by atoms with E-state index in [0.29, 0.717) is 29.5 Å². The third-order valence-electron chi connectivity index (χ3n) is 6.46. The third-order valence-corrected chi connectivity index (χ3v) is 7.82. The van der Waals surface area contributed by atoms with Gasteiger partial charge in [0.2, 0.25) is 21.8 Å². The van der Waals surface area contributed by atoms with Gasteiger partial charge in [0.05, 0.1) is 18.6 Å². The standard InChI is InChI=1S/C31H38ClN3O5S/c1-4-6-19-33-31(37)28(21-24-13-8-7-9-14-24)34(22-25-15-12-16-26(32)20-25)30(36)23-35(41(3,38)39)27-17-10-11-18-29(27)40-5-2/h7-18,20,28H,4-6,19,21-23H2,1-3H3,(H,33,37)/t28-/m1/s1. The van der Waals surface area contributed by atoms with Crippen molar-refractivity contribution in [3.63, 3.8) is 0 Å². The largest absolute Gasteiger partial charge is 0.492 e. The fourth-order valence-corrected chi connectivity index (χ4v) is 5.49. The second kappa shape index (κ2) is 15.4. The Morgan fingerprint density at radius 2 is 1.63 bits per heavy atom. The zero-order chi connectivity index (χ0) is 29.8. The van der Waals surface area contributed by atoms with Crippen molar-refractivity contribution in [1.29, 1.82) is 0 Å². The van der Waals surface area contributed by atoms with Crippen molar-refractivity contribution < 1.29 is 22.7 Å². The lowest BCUT2D eigenvalue weighted by Gasteiger charge is -2.33. The summed E-state index contributed by atoms with van der Waals surface area (Å²) in [6.45, 7) is 4.16. The van der Waals surface area contributed by atoms with Crippen LogP contribution in [0.2, 0.25) is 5.02 Å². The van der Waals surface area contributed by atoms with Crippen molar-refractivity contribution in [2.75, 3.05) is 30.3 Å². The number of sulfonamides is 1. The number of carbonyl (C=O) groups excluding carboxylic acids is 2. The highest BCUT2D eigenvalue weighted by atomic mass is 35.5. The topological polar surface area (TPSA) is 96.0 Å². The van der Waals surface area contributed by atoms with Crippen LogP contribution in [0.25, 0.3) is 0 Å². The highest BCUT2D eigenvalue weighted by Gasteiger charge is 2.33. The van der Waals surface area contributed by atoms with Crippen LogP contribution >= 0.6 is 11.6 Å². The molecule has 0 bridgehead atoms. The first kappa shape index (κ1) is 32.0. The van der Waals surface area contributed by atoms with Gasteiger partial charge in [0.1, 0.15) is 18.3 Å². The molecule has 0 aliphatic carbocycles. The fraction of sp³-hybridized carbons (Fsp3) is 0.355. The van der Waals surface area contributed by atoms with Gasteiger partial charge in [-0.15, -0.1) is 0 Å². The number of nitrogens with zero attached hydrogens (tertiary/aromatic N) is 2. The van der Waals surface area contributed by atoms with Gasteiger partial charge in [-0.25, -0.2) is 8.42 Å². The maximum Gasteiger partial charge on any atom is 0.244 e. The maximum atomic E-state index is 14.2. The first-order chi connectivity index (χ1) is 19.6. The number of benzene rings is 3. The molecule has 0 aliphatic heterocycles. The molecule has 0 radical (unpaired) electrons. The predicted octanol–water partition coefficient (Wildman–Crippen LogP) is 5.06. The number of ether oxygens (including phenoxy) is 1. The molecule has 3 aromatic rings. The Kier molecular flexibility index (Phi) is 12.0. The molecular formula is C31H38ClN3O5S. The molecule has 1 N–H and O–H groups in total. The normalized spacial score (nSPS) is 11.9. The van der Waals surface area contributed by atoms with E-state index in [1.165, 1.54) is 4.90 Å². The number of rotatable bonds is 15. The highest BCUT2D eigenvalue weighted by Crippen LogP contribution is 2.30. The molecule has 2 amide bonds. The smallest absolute Gasteiger partial charge is 0.244 e. The average molecular weight is 600 g/mol. The first-order valence-corrected chi connectivity index (χ1v) is 15.9. The predicted molar refractivity (Wildman–Crippen MR) is 164 cm³/mol. The van der Waals surface area contributed by atoms with Crippen molar-refractivity contribution in [2.45, 2.75) is 45.7 Å². The molecule has 41 heavy (non-hydrogen) atoms. The van der Waals surface area contributed by atoms with Crippen LogP contribution in [-0.2, 0) is 32.6 Å². The molecule has 0 fully saturated rings. The third kappa shape index (κ3) is 9.50. The van der Waals surface area contributed by atoms with Crippen LogP contribution in [0.1, 0.15) is 37.8 Å². The number of unbranched alkanes of at least 4 members (excludes halogenated alkanes) is 1. The Balaban J connectivity index is 2.06. The minimum Gasteiger partial charge on any atom is -0.492 e. The van der Waals surface area contributed by atoms with E-state index in [0.717, 1.165) is 29.0 Å². The van der Waals surface area contributed by atoms with E-state index < -0.39 is 28.5 Å². The van der Waals surface area contributed by atoms with Gasteiger partial charge < -0.3 is 15.0 Å². The Hall–Kier alpha value is -3.56. The number of amides is 2. The molecule has 3 rings (SSSR count). The number of hydrogen-bond donors (Lipinski definition) is 1. The van der Waals surface area contributed by atoms with Gasteiger partial charge in [0, 0.05) is 24.5 Å². The van der Waals surface area contributed by atoms with E-state index in [1.807, 2.05) is 43.3 Å². The van der Waals surface area contributed by atoms with E-state index in [2.05, 4.69) is 5.32 Å². The summed E-state index contributed by atoms with van der Waals surface area (Å²) in [6.07, 6.45) is 2.99. The minimum atomic E-state index is -3.91. The van der Waals surface area contributed by atoms with Crippen molar-refractivity contribution >= 4 is 39.1 Å². The van der Waals surface area contributed by atoms with Gasteiger partial charge in [-0.2, -0.15) is 0 Å². The second-order valence-electron chi connectivity index (χ2n) is 9.67. The fourth-order valence-electron chi connectivity index (χ4n) is 4.43. The Morgan fingerprint density at radius 1 is 0.951 bits per heavy atom. The number of para-hydroxylation sites is 2. The van der Waals surface area contributed by atoms with E-state index >= 15 is 0 Å². The summed E-state index contributed by atoms with van der Waals surface area (Å²) in [5, 5.41) is 3.46. The molecule has 0 aliphatic rings. The zero-order valence-electron chi connectivity index (χ0n) is 23.8. The van der Waals surface area contributed by atoms with Crippen molar-refractivity contribution in [3.05, 3.63) is 95.0 Å². The van der Waals surface area contributed by atoms with Crippen LogP contribution in [0.3, 0.4) is 0 Å². The van der Waals surface area contributed by atoms with Crippen LogP contribution in [0.5, 0.6) is 5.75 Å². The number of halogens is 1. The van der Waals surface area contributed by atoms with E-state index in [1.54, 1.807) is 49.4 Å². The Labute approximate surface area is 248 Å². The SMILES string of the molecule is CCCCNC(=O)[C@@H](Cc1ccccc1)N(Cc1cccc(Cl)c1)C(=O)CN(c1ccccc1OCC)S(C)(=O)=O. The number of anilines is 1. The molecule has 0 saturated heterocycles. The highest BCUT2D eigenvalue weighted by molar-refractivity contribution is 7.92. The van der Waals surface area contributed by atoms with Crippen LogP contribution in [0.15, 0.2) is 78.9 Å². The van der Waals surface area contributed by atoms with Gasteiger partial charge in [-0.1, -0.05) is 79.5 Å². The molecule has 0 spiro atoms. The van der Waals surface area contributed by atoms with E-state index in [9.17, 15) is 18.0 Å². The summed E-state index contributed by atoms with van der Waals surface area (Å²) in [5.74, 6) is -0.501. The average Bonchev–Trinajstić information content (AvgIpc) is 2.94. The molecule has 220 valence electrons. The lowest BCUT2D eigenvalue weighted by Crippen LogP contribution is -2.53. The summed E-state index contributed by atoms with van der Waals surface area (Å²) in [4.78, 5) is 29.2. The second-order valence-corrected chi connectivity index (χ2v) is 12.0. The van der Waals surface area contributed by atoms with Crippen LogP contribution in [0, 0.1) is 0 Å². The molecule has 3 aromatic carbocycles. The molecule has 0 unspecified atom stereocenters. The number of hydrogen-bond acceptors (Lipinski definition) is 5. The van der Waals surface area contributed by atoms with Crippen LogP contribution in [0.4, 0.5) is 5.69 Å². The quantitative estimate of drug-likeness (QED) is 0.246. The molecular weight excluding hydrogens is 562 g/mol. The van der Waals surface area contributed by atoms with E-state index in [-0.39, 0.29) is 24.6 Å². The van der Waals surface area contributed by atoms with Gasteiger partial charge in [-0.3, -0.25) is 13.9 Å². The van der Waals surface area contributed by atoms with Crippen LogP contribution < -0.4 is 14.4 Å². The summed E-state index contributed by atoms with van der Waals surface area (Å²) >= 11 is 6.25. The van der Waals surface area contributed by atoms with Crippen molar-refractivity contribution in [2.24, 2.45) is 0 Å². The van der Waals surface area contributed by atoms with Crippen molar-refractivity contribution in [3.8, 4) is 5.75 Å². The molecule has 8 nitrogen and oxygen atoms in total. The molecule has 0 saturated carbocycles. The molecule has 10 heteroatoms. The summed E-state index contributed by atoms with van der Waals surface area (Å²) in [6, 6.07) is 22.3. The minimum absolute atomic E-state index is 0.0583. The number of carbonyl (C=O) groups is 2. The van der Waals surface area contributed by atoms with Gasteiger partial charge in [0.25, 0.3) is 0 Å².